The first kappa shape index (κ1) is 18.8. The van der Waals surface area contributed by atoms with Crippen LogP contribution in [-0.2, 0) is 6.54 Å². The molecule has 7 heteroatoms. The van der Waals surface area contributed by atoms with Crippen molar-refractivity contribution in [3.63, 3.8) is 0 Å². The van der Waals surface area contributed by atoms with E-state index in [0.717, 1.165) is 28.8 Å². The lowest BCUT2D eigenvalue weighted by molar-refractivity contribution is 0.412. The molecule has 1 unspecified atom stereocenters. The number of hydrogen-bond donors (Lipinski definition) is 2. The molecule has 0 aliphatic rings. The van der Waals surface area contributed by atoms with Gasteiger partial charge in [-0.15, -0.1) is 24.0 Å². The Morgan fingerprint density at radius 3 is 2.86 bits per heavy atom. The molecule has 0 aliphatic heterocycles. The number of nitrogens with one attached hydrogen (secondary N) is 2. The molecule has 0 amide bonds. The molecule has 1 atom stereocenters. The molecule has 0 bridgehead atoms. The Morgan fingerprint density at radius 1 is 1.41 bits per heavy atom. The number of halogens is 2. The van der Waals surface area contributed by atoms with Crippen LogP contribution in [0.1, 0.15) is 31.1 Å². The molecule has 0 radical (unpaired) electrons. The van der Waals surface area contributed by atoms with Crippen LogP contribution in [0.4, 0.5) is 0 Å². The van der Waals surface area contributed by atoms with Crippen molar-refractivity contribution in [1.82, 2.24) is 15.8 Å². The van der Waals surface area contributed by atoms with E-state index in [9.17, 15) is 0 Å². The van der Waals surface area contributed by atoms with Crippen LogP contribution in [0, 0.1) is 0 Å². The summed E-state index contributed by atoms with van der Waals surface area (Å²) in [6.45, 7) is 5.34. The fraction of sp³-hybridized carbons (Fsp3) is 0.333. The average Bonchev–Trinajstić information content (AvgIpc) is 2.98. The lowest BCUT2D eigenvalue weighted by atomic mass is 10.1. The summed E-state index contributed by atoms with van der Waals surface area (Å²) < 4.78 is 4.80. The lowest BCUT2D eigenvalue weighted by Crippen LogP contribution is -2.38. The van der Waals surface area contributed by atoms with E-state index >= 15 is 0 Å². The van der Waals surface area contributed by atoms with Crippen molar-refractivity contribution in [2.75, 3.05) is 6.54 Å². The first-order chi connectivity index (χ1) is 10.2. The number of hydrogen-bond acceptors (Lipinski definition) is 3. The normalized spacial score (nSPS) is 12.4. The van der Waals surface area contributed by atoms with Gasteiger partial charge in [0, 0.05) is 17.6 Å². The van der Waals surface area contributed by atoms with Gasteiger partial charge >= 0.3 is 0 Å². The largest absolute Gasteiger partial charge is 0.364 e. The molecule has 0 fully saturated rings. The zero-order chi connectivity index (χ0) is 15.1. The molecule has 0 saturated carbocycles. The predicted octanol–water partition coefficient (Wildman–Crippen LogP) is 3.76. The van der Waals surface area contributed by atoms with Gasteiger partial charge in [0.25, 0.3) is 0 Å². The smallest absolute Gasteiger partial charge is 0.192 e. The highest BCUT2D eigenvalue weighted by atomic mass is 127. The summed E-state index contributed by atoms with van der Waals surface area (Å²) in [5.74, 6) is 0.730. The average molecular weight is 435 g/mol. The van der Waals surface area contributed by atoms with E-state index in [4.69, 9.17) is 16.1 Å². The lowest BCUT2D eigenvalue weighted by Gasteiger charge is -2.18. The van der Waals surface area contributed by atoms with Gasteiger partial charge in [0.1, 0.15) is 12.0 Å². The Morgan fingerprint density at radius 2 is 2.23 bits per heavy atom. The fourth-order valence-corrected chi connectivity index (χ4v) is 2.06. The SMILES string of the molecule is CCNC(=NCc1ccon1)NC(C)c1cccc(Cl)c1.I. The standard InChI is InChI=1S/C15H19ClN4O.HI/c1-3-17-15(18-10-14-7-8-21-20-14)19-11(2)12-5-4-6-13(16)9-12;/h4-9,11H,3,10H2,1-2H3,(H2,17,18,19);1H. The molecule has 22 heavy (non-hydrogen) atoms. The zero-order valence-electron chi connectivity index (χ0n) is 12.5. The fourth-order valence-electron chi connectivity index (χ4n) is 1.86. The summed E-state index contributed by atoms with van der Waals surface area (Å²) in [6.07, 6.45) is 1.54. The van der Waals surface area contributed by atoms with Gasteiger partial charge in [-0.1, -0.05) is 28.9 Å². The van der Waals surface area contributed by atoms with Crippen LogP contribution in [0.3, 0.4) is 0 Å². The second kappa shape index (κ2) is 9.68. The molecular weight excluding hydrogens is 415 g/mol. The minimum Gasteiger partial charge on any atom is -0.364 e. The molecule has 1 aromatic carbocycles. The third-order valence-electron chi connectivity index (χ3n) is 2.94. The quantitative estimate of drug-likeness (QED) is 0.427. The summed E-state index contributed by atoms with van der Waals surface area (Å²) in [4.78, 5) is 4.48. The second-order valence-electron chi connectivity index (χ2n) is 4.61. The van der Waals surface area contributed by atoms with Crippen LogP contribution in [-0.4, -0.2) is 17.7 Å². The number of aliphatic imine (C=N–C) groups is 1. The van der Waals surface area contributed by atoms with Crippen molar-refractivity contribution in [3.8, 4) is 0 Å². The molecule has 2 aromatic rings. The summed E-state index contributed by atoms with van der Waals surface area (Å²) >= 11 is 6.02. The van der Waals surface area contributed by atoms with Crippen LogP contribution in [0.5, 0.6) is 0 Å². The Kier molecular flexibility index (Phi) is 8.26. The summed E-state index contributed by atoms with van der Waals surface area (Å²) in [7, 11) is 0. The zero-order valence-corrected chi connectivity index (χ0v) is 15.6. The third-order valence-corrected chi connectivity index (χ3v) is 3.17. The van der Waals surface area contributed by atoms with Gasteiger partial charge in [0.15, 0.2) is 5.96 Å². The van der Waals surface area contributed by atoms with Crippen molar-refractivity contribution in [1.29, 1.82) is 0 Å². The van der Waals surface area contributed by atoms with E-state index in [2.05, 4.69) is 27.7 Å². The first-order valence-electron chi connectivity index (χ1n) is 6.88. The molecule has 0 saturated heterocycles. The van der Waals surface area contributed by atoms with E-state index < -0.39 is 0 Å². The van der Waals surface area contributed by atoms with Gasteiger partial charge in [0.2, 0.25) is 0 Å². The van der Waals surface area contributed by atoms with Crippen molar-refractivity contribution in [2.45, 2.75) is 26.4 Å². The van der Waals surface area contributed by atoms with Crippen molar-refractivity contribution in [3.05, 3.63) is 52.9 Å². The van der Waals surface area contributed by atoms with Crippen molar-refractivity contribution in [2.24, 2.45) is 4.99 Å². The highest BCUT2D eigenvalue weighted by Crippen LogP contribution is 2.17. The van der Waals surface area contributed by atoms with Crippen LogP contribution in [0.15, 0.2) is 46.1 Å². The van der Waals surface area contributed by atoms with E-state index in [0.29, 0.717) is 6.54 Å². The number of benzene rings is 1. The van der Waals surface area contributed by atoms with Gasteiger partial charge in [-0.3, -0.25) is 0 Å². The minimum atomic E-state index is 0. The minimum absolute atomic E-state index is 0. The van der Waals surface area contributed by atoms with Gasteiger partial charge in [-0.25, -0.2) is 4.99 Å². The van der Waals surface area contributed by atoms with Crippen LogP contribution in [0.25, 0.3) is 0 Å². The summed E-state index contributed by atoms with van der Waals surface area (Å²) in [5.41, 5.74) is 1.90. The van der Waals surface area contributed by atoms with Crippen LogP contribution < -0.4 is 10.6 Å². The maximum atomic E-state index is 6.02. The summed E-state index contributed by atoms with van der Waals surface area (Å²) in [6, 6.07) is 9.68. The Labute approximate surface area is 152 Å². The van der Waals surface area contributed by atoms with Gasteiger partial charge < -0.3 is 15.2 Å². The van der Waals surface area contributed by atoms with Gasteiger partial charge in [0.05, 0.1) is 12.6 Å². The Bertz CT molecular complexity index is 589. The molecule has 0 spiro atoms. The van der Waals surface area contributed by atoms with E-state index in [1.165, 1.54) is 0 Å². The molecular formula is C15H20ClIN4O. The molecule has 120 valence electrons. The number of guanidine groups is 1. The molecule has 1 aromatic heterocycles. The van der Waals surface area contributed by atoms with E-state index in [-0.39, 0.29) is 30.0 Å². The second-order valence-corrected chi connectivity index (χ2v) is 5.04. The van der Waals surface area contributed by atoms with Crippen LogP contribution >= 0.6 is 35.6 Å². The molecule has 2 N–H and O–H groups in total. The Balaban J connectivity index is 0.00000242. The van der Waals surface area contributed by atoms with Crippen molar-refractivity contribution < 1.29 is 4.52 Å². The molecule has 1 heterocycles. The monoisotopic (exact) mass is 434 g/mol. The molecule has 0 aliphatic carbocycles. The van der Waals surface area contributed by atoms with Gasteiger partial charge in [-0.05, 0) is 31.5 Å². The van der Waals surface area contributed by atoms with E-state index in [1.807, 2.05) is 31.2 Å². The topological polar surface area (TPSA) is 62.5 Å². The third kappa shape index (κ3) is 5.84. The first-order valence-corrected chi connectivity index (χ1v) is 7.26. The molecule has 2 rings (SSSR count). The highest BCUT2D eigenvalue weighted by molar-refractivity contribution is 14.0. The van der Waals surface area contributed by atoms with Crippen molar-refractivity contribution >= 4 is 41.5 Å². The maximum Gasteiger partial charge on any atom is 0.192 e. The number of rotatable bonds is 5. The highest BCUT2D eigenvalue weighted by Gasteiger charge is 2.08. The van der Waals surface area contributed by atoms with E-state index in [1.54, 1.807) is 12.3 Å². The van der Waals surface area contributed by atoms with Gasteiger partial charge in [-0.2, -0.15) is 0 Å². The molecule has 5 nitrogen and oxygen atoms in total. The predicted molar refractivity (Wildman–Crippen MR) is 99.7 cm³/mol. The Hall–Kier alpha value is -1.28. The number of aromatic nitrogens is 1. The maximum absolute atomic E-state index is 6.02. The number of nitrogens with zero attached hydrogens (tertiary/aromatic N) is 2. The van der Waals surface area contributed by atoms with Crippen LogP contribution in [0.2, 0.25) is 5.02 Å². The summed E-state index contributed by atoms with van der Waals surface area (Å²) in [5, 5.41) is 11.1.